The molecular weight excluding hydrogens is 187 g/mol. The van der Waals surface area contributed by atoms with Crippen LogP contribution in [0.5, 0.6) is 0 Å². The Morgan fingerprint density at radius 3 is 2.75 bits per heavy atom. The van der Waals surface area contributed by atoms with Gasteiger partial charge in [-0.1, -0.05) is 0 Å². The fraction of sp³-hybridized carbons (Fsp3) is 0.800. The van der Waals surface area contributed by atoms with Crippen LogP contribution in [0.25, 0.3) is 0 Å². The van der Waals surface area contributed by atoms with E-state index in [1.54, 1.807) is 0 Å². The van der Waals surface area contributed by atoms with Crippen molar-refractivity contribution in [1.82, 2.24) is 0 Å². The zero-order valence-electron chi connectivity index (χ0n) is 6.16. The van der Waals surface area contributed by atoms with Crippen LogP contribution in [0.2, 0.25) is 0 Å². The molecule has 3 N–H and O–H groups in total. The summed E-state index contributed by atoms with van der Waals surface area (Å²) in [6.07, 6.45) is -1.05. The van der Waals surface area contributed by atoms with Gasteiger partial charge in [-0.05, 0) is 0 Å². The van der Waals surface area contributed by atoms with E-state index in [4.69, 9.17) is 19.6 Å². The molecule has 0 saturated carbocycles. The van der Waals surface area contributed by atoms with Crippen molar-refractivity contribution in [3.63, 3.8) is 0 Å². The van der Waals surface area contributed by atoms with Crippen molar-refractivity contribution in [3.8, 4) is 0 Å². The van der Waals surface area contributed by atoms with Crippen LogP contribution in [0, 0.1) is 6.61 Å². The fourth-order valence-corrected chi connectivity index (χ4v) is 1.18. The lowest BCUT2D eigenvalue weighted by Crippen LogP contribution is -2.25. The Kier molecular flexibility index (Phi) is 3.11. The topological polar surface area (TPSA) is 96.2 Å². The molecule has 0 radical (unpaired) electrons. The molecule has 0 bridgehead atoms. The van der Waals surface area contributed by atoms with Crippen LogP contribution in [0.15, 0.2) is 0 Å². The summed E-state index contributed by atoms with van der Waals surface area (Å²) in [6.45, 7) is 1.08. The van der Waals surface area contributed by atoms with Crippen LogP contribution in [0.3, 0.4) is 0 Å². The maximum atomic E-state index is 10.2. The van der Waals surface area contributed by atoms with Crippen LogP contribution in [0.1, 0.15) is 6.42 Å². The molecule has 6 nitrogen and oxygen atoms in total. The van der Waals surface area contributed by atoms with Crippen molar-refractivity contribution in [1.29, 1.82) is 0 Å². The smallest absolute Gasteiger partial charge is 0.386 e. The molecule has 0 spiro atoms. The standard InChI is InChI=1S/C5H9O6P/c6-4-1-2-10-5(4)3-11-12(7,8)9/h2,4-6H,1,3H2,(H-,7,8,9)/p+1. The predicted molar refractivity (Wildman–Crippen MR) is 37.8 cm³/mol. The Bertz CT molecular complexity index is 188. The van der Waals surface area contributed by atoms with Gasteiger partial charge in [0.05, 0.1) is 6.61 Å². The van der Waals surface area contributed by atoms with Gasteiger partial charge in [0.25, 0.3) is 0 Å². The molecule has 12 heavy (non-hydrogen) atoms. The number of aliphatic hydroxyl groups is 1. The monoisotopic (exact) mass is 197 g/mol. The molecule has 1 saturated heterocycles. The third-order valence-corrected chi connectivity index (χ3v) is 1.93. The van der Waals surface area contributed by atoms with Crippen LogP contribution in [0.4, 0.5) is 0 Å². The highest BCUT2D eigenvalue weighted by molar-refractivity contribution is 7.46. The van der Waals surface area contributed by atoms with E-state index in [0.717, 1.165) is 0 Å². The first-order valence-corrected chi connectivity index (χ1v) is 4.87. The number of hydrogen-bond acceptors (Lipinski definition) is 4. The second-order valence-corrected chi connectivity index (χ2v) is 3.67. The molecule has 1 heterocycles. The van der Waals surface area contributed by atoms with E-state index < -0.39 is 20.0 Å². The average molecular weight is 197 g/mol. The van der Waals surface area contributed by atoms with Gasteiger partial charge in [-0.2, -0.15) is 4.74 Å². The molecule has 2 atom stereocenters. The van der Waals surface area contributed by atoms with Crippen molar-refractivity contribution in [2.45, 2.75) is 18.6 Å². The third kappa shape index (κ3) is 3.10. The largest absolute Gasteiger partial charge is 0.469 e. The first kappa shape index (κ1) is 9.98. The van der Waals surface area contributed by atoms with Crippen LogP contribution in [-0.2, 0) is 13.8 Å². The number of ether oxygens (including phenoxy) is 1. The lowest BCUT2D eigenvalue weighted by atomic mass is 10.2. The Morgan fingerprint density at radius 1 is 1.67 bits per heavy atom. The molecule has 70 valence electrons. The van der Waals surface area contributed by atoms with Crippen molar-refractivity contribution in [3.05, 3.63) is 6.61 Å². The Morgan fingerprint density at radius 2 is 2.33 bits per heavy atom. The number of hydrogen-bond donors (Lipinski definition) is 3. The predicted octanol–water partition coefficient (Wildman–Crippen LogP) is -0.593. The molecule has 0 aromatic rings. The summed E-state index contributed by atoms with van der Waals surface area (Å²) in [5.41, 5.74) is 0. The van der Waals surface area contributed by atoms with Crippen molar-refractivity contribution in [2.75, 3.05) is 6.61 Å². The molecular formula is C5H10O6P+. The van der Waals surface area contributed by atoms with E-state index in [-0.39, 0.29) is 6.61 Å². The van der Waals surface area contributed by atoms with Gasteiger partial charge >= 0.3 is 7.82 Å². The van der Waals surface area contributed by atoms with Gasteiger partial charge in [0, 0.05) is 0 Å². The van der Waals surface area contributed by atoms with Gasteiger partial charge in [0.2, 0.25) is 6.61 Å². The Balaban J connectivity index is 2.27. The highest BCUT2D eigenvalue weighted by Crippen LogP contribution is 2.36. The molecule has 0 amide bonds. The third-order valence-electron chi connectivity index (χ3n) is 1.44. The Labute approximate surface area is 69.4 Å². The summed E-state index contributed by atoms with van der Waals surface area (Å²) in [5, 5.41) is 9.10. The van der Waals surface area contributed by atoms with E-state index in [0.29, 0.717) is 6.42 Å². The van der Waals surface area contributed by atoms with E-state index in [9.17, 15) is 4.57 Å². The second kappa shape index (κ2) is 3.74. The molecule has 2 unspecified atom stereocenters. The van der Waals surface area contributed by atoms with Gasteiger partial charge in [0.1, 0.15) is 12.5 Å². The molecule has 0 aromatic heterocycles. The van der Waals surface area contributed by atoms with Gasteiger partial charge < -0.3 is 14.9 Å². The van der Waals surface area contributed by atoms with Gasteiger partial charge in [-0.25, -0.2) is 4.57 Å². The van der Waals surface area contributed by atoms with Crippen LogP contribution >= 0.6 is 7.82 Å². The first-order chi connectivity index (χ1) is 5.49. The molecule has 7 heteroatoms. The fourth-order valence-electron chi connectivity index (χ4n) is 0.841. The average Bonchev–Trinajstić information content (AvgIpc) is 2.29. The van der Waals surface area contributed by atoms with E-state index in [1.165, 1.54) is 6.61 Å². The number of phosphoric ester groups is 1. The van der Waals surface area contributed by atoms with Crippen molar-refractivity contribution in [2.24, 2.45) is 0 Å². The maximum absolute atomic E-state index is 10.2. The van der Waals surface area contributed by atoms with Gasteiger partial charge in [-0.3, -0.25) is 4.52 Å². The SMILES string of the molecule is O=P(O)(O)OCC1O[CH+]CC1O. The Hall–Kier alpha value is -0.100. The normalized spacial score (nSPS) is 30.2. The summed E-state index contributed by atoms with van der Waals surface area (Å²) in [7, 11) is -4.45. The molecule has 1 aliphatic heterocycles. The summed E-state index contributed by atoms with van der Waals surface area (Å²) >= 11 is 0. The summed E-state index contributed by atoms with van der Waals surface area (Å²) < 4.78 is 19.2. The zero-order valence-corrected chi connectivity index (χ0v) is 7.05. The maximum Gasteiger partial charge on any atom is 0.469 e. The minimum atomic E-state index is -4.45. The summed E-state index contributed by atoms with van der Waals surface area (Å²) in [4.78, 5) is 16.6. The molecule has 1 aliphatic rings. The van der Waals surface area contributed by atoms with Crippen molar-refractivity contribution >= 4 is 7.82 Å². The lowest BCUT2D eigenvalue weighted by Gasteiger charge is -2.09. The number of rotatable bonds is 3. The first-order valence-electron chi connectivity index (χ1n) is 3.34. The van der Waals surface area contributed by atoms with Crippen molar-refractivity contribution < 1.29 is 28.7 Å². The molecule has 1 rings (SSSR count). The van der Waals surface area contributed by atoms with Crippen LogP contribution < -0.4 is 0 Å². The quantitative estimate of drug-likeness (QED) is 0.413. The van der Waals surface area contributed by atoms with Gasteiger partial charge in [-0.15, -0.1) is 0 Å². The lowest BCUT2D eigenvalue weighted by molar-refractivity contribution is 0.0159. The summed E-state index contributed by atoms with van der Waals surface area (Å²) in [5.74, 6) is 0. The van der Waals surface area contributed by atoms with E-state index in [2.05, 4.69) is 4.52 Å². The number of phosphoric acid groups is 1. The van der Waals surface area contributed by atoms with Gasteiger partial charge in [0.15, 0.2) is 6.10 Å². The van der Waals surface area contributed by atoms with E-state index in [1.807, 2.05) is 0 Å². The molecule has 1 fully saturated rings. The molecule has 0 aliphatic carbocycles. The van der Waals surface area contributed by atoms with Crippen LogP contribution in [-0.4, -0.2) is 33.7 Å². The summed E-state index contributed by atoms with van der Waals surface area (Å²) in [6, 6.07) is 0. The minimum Gasteiger partial charge on any atom is -0.386 e. The molecule has 0 aromatic carbocycles. The zero-order chi connectivity index (χ0) is 9.19. The highest BCUT2D eigenvalue weighted by atomic mass is 31.2. The minimum absolute atomic E-state index is 0.304. The second-order valence-electron chi connectivity index (χ2n) is 2.43. The number of aliphatic hydroxyl groups excluding tert-OH is 1. The highest BCUT2D eigenvalue weighted by Gasteiger charge is 2.36. The van der Waals surface area contributed by atoms with E-state index >= 15 is 0 Å².